The number of rotatable bonds is 4. The van der Waals surface area contributed by atoms with Crippen LogP contribution in [0.3, 0.4) is 0 Å². The zero-order chi connectivity index (χ0) is 19.2. The number of benzene rings is 1. The lowest BCUT2D eigenvalue weighted by Gasteiger charge is -2.33. The van der Waals surface area contributed by atoms with Crippen molar-refractivity contribution in [3.05, 3.63) is 29.8 Å². The number of carbonyl (C=O) groups is 2. The smallest absolute Gasteiger partial charge is 0.416 e. The number of nitrogens with zero attached hydrogens (tertiary/aromatic N) is 2. The van der Waals surface area contributed by atoms with Crippen molar-refractivity contribution in [1.82, 2.24) is 15.1 Å². The van der Waals surface area contributed by atoms with Crippen molar-refractivity contribution in [2.24, 2.45) is 0 Å². The molecule has 7 nitrogen and oxygen atoms in total. The van der Waals surface area contributed by atoms with Gasteiger partial charge in [-0.15, -0.1) is 0 Å². The van der Waals surface area contributed by atoms with Crippen LogP contribution in [0.25, 0.3) is 0 Å². The van der Waals surface area contributed by atoms with Gasteiger partial charge in [0.2, 0.25) is 0 Å². The summed E-state index contributed by atoms with van der Waals surface area (Å²) in [5, 5.41) is 4.99. The first-order valence-electron chi connectivity index (χ1n) is 8.07. The maximum atomic E-state index is 12.6. The predicted molar refractivity (Wildman–Crippen MR) is 88.9 cm³/mol. The third kappa shape index (κ3) is 5.80. The van der Waals surface area contributed by atoms with E-state index in [2.05, 4.69) is 20.3 Å². The van der Waals surface area contributed by atoms with Crippen molar-refractivity contribution in [2.75, 3.05) is 51.7 Å². The number of urea groups is 1. The molecule has 0 aromatic heterocycles. The summed E-state index contributed by atoms with van der Waals surface area (Å²) in [6, 6.07) is 3.88. The van der Waals surface area contributed by atoms with Crippen molar-refractivity contribution >= 4 is 17.8 Å². The second-order valence-electron chi connectivity index (χ2n) is 5.76. The Kier molecular flexibility index (Phi) is 6.67. The van der Waals surface area contributed by atoms with E-state index in [4.69, 9.17) is 0 Å². The van der Waals surface area contributed by atoms with Crippen molar-refractivity contribution in [1.29, 1.82) is 0 Å². The second kappa shape index (κ2) is 8.75. The summed E-state index contributed by atoms with van der Waals surface area (Å²) in [4.78, 5) is 26.9. The Labute approximate surface area is 149 Å². The summed E-state index contributed by atoms with van der Waals surface area (Å²) in [5.41, 5.74) is -0.747. The first kappa shape index (κ1) is 19.8. The summed E-state index contributed by atoms with van der Waals surface area (Å²) < 4.78 is 42.6. The molecule has 3 amide bonds. The fourth-order valence-electron chi connectivity index (χ4n) is 2.56. The number of hydrogen-bond donors (Lipinski definition) is 2. The normalized spacial score (nSPS) is 15.5. The zero-order valence-corrected chi connectivity index (χ0v) is 14.3. The molecule has 1 fully saturated rings. The highest BCUT2D eigenvalue weighted by Gasteiger charge is 2.30. The third-order valence-electron chi connectivity index (χ3n) is 3.97. The largest absolute Gasteiger partial charge is 0.453 e. The maximum Gasteiger partial charge on any atom is 0.416 e. The van der Waals surface area contributed by atoms with E-state index in [-0.39, 0.29) is 11.8 Å². The van der Waals surface area contributed by atoms with Gasteiger partial charge >= 0.3 is 18.3 Å². The van der Waals surface area contributed by atoms with E-state index in [0.29, 0.717) is 39.3 Å². The Morgan fingerprint density at radius 3 is 2.50 bits per heavy atom. The first-order valence-corrected chi connectivity index (χ1v) is 8.07. The average Bonchev–Trinajstić information content (AvgIpc) is 2.61. The highest BCUT2D eigenvalue weighted by Crippen LogP contribution is 2.30. The van der Waals surface area contributed by atoms with E-state index in [1.54, 1.807) is 4.90 Å². The topological polar surface area (TPSA) is 73.9 Å². The molecule has 0 aliphatic carbocycles. The molecule has 26 heavy (non-hydrogen) atoms. The number of carbonyl (C=O) groups excluding carboxylic acids is 2. The molecule has 2 rings (SSSR count). The SMILES string of the molecule is COC(=O)N1CCN(CCNC(=O)Nc2cccc(C(F)(F)F)c2)CC1. The lowest BCUT2D eigenvalue weighted by atomic mass is 10.2. The summed E-state index contributed by atoms with van der Waals surface area (Å²) in [5.74, 6) is 0. The van der Waals surface area contributed by atoms with Crippen LogP contribution in [-0.4, -0.2) is 68.3 Å². The van der Waals surface area contributed by atoms with E-state index in [0.717, 1.165) is 12.1 Å². The van der Waals surface area contributed by atoms with E-state index in [1.807, 2.05) is 0 Å². The van der Waals surface area contributed by atoms with Gasteiger partial charge in [-0.2, -0.15) is 13.2 Å². The molecule has 1 heterocycles. The summed E-state index contributed by atoms with van der Waals surface area (Å²) in [6.07, 6.45) is -4.82. The van der Waals surface area contributed by atoms with Gasteiger partial charge in [-0.05, 0) is 18.2 Å². The molecular formula is C16H21F3N4O3. The number of alkyl halides is 3. The maximum absolute atomic E-state index is 12.6. The lowest BCUT2D eigenvalue weighted by Crippen LogP contribution is -2.50. The summed E-state index contributed by atoms with van der Waals surface area (Å²) >= 11 is 0. The molecule has 1 aromatic rings. The van der Waals surface area contributed by atoms with E-state index < -0.39 is 17.8 Å². The Balaban J connectivity index is 1.71. The average molecular weight is 374 g/mol. The molecule has 1 aliphatic heterocycles. The fraction of sp³-hybridized carbons (Fsp3) is 0.500. The molecule has 0 saturated carbocycles. The Hall–Kier alpha value is -2.49. The molecule has 0 atom stereocenters. The quantitative estimate of drug-likeness (QED) is 0.848. The van der Waals surface area contributed by atoms with Crippen LogP contribution in [0, 0.1) is 0 Å². The van der Waals surface area contributed by atoms with Gasteiger partial charge < -0.3 is 20.3 Å². The molecule has 1 aromatic carbocycles. The Morgan fingerprint density at radius 1 is 1.19 bits per heavy atom. The number of anilines is 1. The standard InChI is InChI=1S/C16H21F3N4O3/c1-26-15(25)23-9-7-22(8-10-23)6-5-20-14(24)21-13-4-2-3-12(11-13)16(17,18)19/h2-4,11H,5-10H2,1H3,(H2,20,21,24). The van der Waals surface area contributed by atoms with Gasteiger partial charge in [-0.25, -0.2) is 9.59 Å². The van der Waals surface area contributed by atoms with Crippen LogP contribution in [0.4, 0.5) is 28.4 Å². The zero-order valence-electron chi connectivity index (χ0n) is 14.3. The highest BCUT2D eigenvalue weighted by atomic mass is 19.4. The van der Waals surface area contributed by atoms with Gasteiger partial charge in [0.05, 0.1) is 12.7 Å². The van der Waals surface area contributed by atoms with Gasteiger partial charge in [0.15, 0.2) is 0 Å². The van der Waals surface area contributed by atoms with Crippen molar-refractivity contribution in [3.63, 3.8) is 0 Å². The van der Waals surface area contributed by atoms with Gasteiger partial charge in [-0.1, -0.05) is 6.07 Å². The minimum atomic E-state index is -4.46. The van der Waals surface area contributed by atoms with Crippen LogP contribution < -0.4 is 10.6 Å². The fourth-order valence-corrected chi connectivity index (χ4v) is 2.56. The molecule has 0 unspecified atom stereocenters. The molecule has 0 bridgehead atoms. The number of ether oxygens (including phenoxy) is 1. The van der Waals surface area contributed by atoms with Crippen molar-refractivity contribution in [3.8, 4) is 0 Å². The van der Waals surface area contributed by atoms with Gasteiger partial charge in [0, 0.05) is 45.0 Å². The molecule has 0 spiro atoms. The van der Waals surface area contributed by atoms with E-state index in [9.17, 15) is 22.8 Å². The minimum absolute atomic E-state index is 0.0732. The number of hydrogen-bond acceptors (Lipinski definition) is 4. The first-order chi connectivity index (χ1) is 12.3. The molecule has 0 radical (unpaired) electrons. The molecular weight excluding hydrogens is 353 g/mol. The summed E-state index contributed by atoms with van der Waals surface area (Å²) in [6.45, 7) is 3.32. The number of halogens is 3. The molecule has 2 N–H and O–H groups in total. The van der Waals surface area contributed by atoms with Crippen LogP contribution in [0.15, 0.2) is 24.3 Å². The Morgan fingerprint density at radius 2 is 1.88 bits per heavy atom. The van der Waals surface area contributed by atoms with Crippen LogP contribution in [0.2, 0.25) is 0 Å². The van der Waals surface area contributed by atoms with Gasteiger partial charge in [0.1, 0.15) is 0 Å². The number of methoxy groups -OCH3 is 1. The van der Waals surface area contributed by atoms with Crippen LogP contribution >= 0.6 is 0 Å². The third-order valence-corrected chi connectivity index (χ3v) is 3.97. The summed E-state index contributed by atoms with van der Waals surface area (Å²) in [7, 11) is 1.33. The minimum Gasteiger partial charge on any atom is -0.453 e. The molecule has 10 heteroatoms. The van der Waals surface area contributed by atoms with E-state index >= 15 is 0 Å². The Bertz CT molecular complexity index is 631. The number of amides is 3. The number of nitrogens with one attached hydrogen (secondary N) is 2. The predicted octanol–water partition coefficient (Wildman–Crippen LogP) is 2.21. The monoisotopic (exact) mass is 374 g/mol. The van der Waals surface area contributed by atoms with Gasteiger partial charge in [0.25, 0.3) is 0 Å². The highest BCUT2D eigenvalue weighted by molar-refractivity contribution is 5.89. The lowest BCUT2D eigenvalue weighted by molar-refractivity contribution is -0.137. The molecule has 1 aliphatic rings. The van der Waals surface area contributed by atoms with Crippen molar-refractivity contribution in [2.45, 2.75) is 6.18 Å². The van der Waals surface area contributed by atoms with Gasteiger partial charge in [-0.3, -0.25) is 4.90 Å². The number of piperazine rings is 1. The van der Waals surface area contributed by atoms with Crippen LogP contribution in [0.1, 0.15) is 5.56 Å². The van der Waals surface area contributed by atoms with Crippen molar-refractivity contribution < 1.29 is 27.5 Å². The molecule has 144 valence electrons. The van der Waals surface area contributed by atoms with Crippen LogP contribution in [-0.2, 0) is 10.9 Å². The molecule has 1 saturated heterocycles. The van der Waals surface area contributed by atoms with E-state index in [1.165, 1.54) is 19.2 Å². The van der Waals surface area contributed by atoms with Crippen LogP contribution in [0.5, 0.6) is 0 Å². The second-order valence-corrected chi connectivity index (χ2v) is 5.76.